The summed E-state index contributed by atoms with van der Waals surface area (Å²) >= 11 is 0. The zero-order valence-corrected chi connectivity index (χ0v) is 39.9. The third kappa shape index (κ3) is 9.47. The van der Waals surface area contributed by atoms with Gasteiger partial charge < -0.3 is 34.3 Å². The van der Waals surface area contributed by atoms with Crippen molar-refractivity contribution in [2.45, 2.75) is 104 Å². The van der Waals surface area contributed by atoms with Crippen molar-refractivity contribution in [3.63, 3.8) is 0 Å². The number of hydrogen-bond acceptors (Lipinski definition) is 9. The van der Waals surface area contributed by atoms with Gasteiger partial charge in [0.25, 0.3) is 5.91 Å². The molecule has 1 aromatic heterocycles. The Kier molecular flexibility index (Phi) is 13.7. The number of aromatic hydroxyl groups is 1. The quantitative estimate of drug-likeness (QED) is 0.124. The van der Waals surface area contributed by atoms with Gasteiger partial charge in [0.1, 0.15) is 23.9 Å². The molecule has 4 aliphatic heterocycles. The van der Waals surface area contributed by atoms with E-state index in [-0.39, 0.29) is 49.6 Å². The number of nitrogens with zero attached hydrogens (tertiary/aromatic N) is 4. The van der Waals surface area contributed by atoms with Gasteiger partial charge >= 0.3 is 5.97 Å². The summed E-state index contributed by atoms with van der Waals surface area (Å²) in [7, 11) is 1.71. The molecule has 0 aliphatic carbocycles. The number of amides is 4. The van der Waals surface area contributed by atoms with E-state index < -0.39 is 46.7 Å². The number of phenols is 1. The van der Waals surface area contributed by atoms with Crippen molar-refractivity contribution in [3.05, 3.63) is 90.0 Å². The lowest BCUT2D eigenvalue weighted by molar-refractivity contribution is -0.155. The van der Waals surface area contributed by atoms with E-state index in [0.29, 0.717) is 63.9 Å². The number of rotatable bonds is 10. The van der Waals surface area contributed by atoms with Gasteiger partial charge in [0.2, 0.25) is 17.7 Å². The van der Waals surface area contributed by atoms with Gasteiger partial charge in [-0.05, 0) is 110 Å². The average Bonchev–Trinajstić information content (AvgIpc) is 3.98. The molecule has 0 saturated carbocycles. The highest BCUT2D eigenvalue weighted by atomic mass is 16.5. The van der Waals surface area contributed by atoms with Crippen molar-refractivity contribution in [2.24, 2.45) is 16.7 Å². The highest BCUT2D eigenvalue weighted by molar-refractivity contribution is 5.97. The number of likely N-dealkylation sites (tertiary alicyclic amines) is 2. The van der Waals surface area contributed by atoms with E-state index in [1.165, 1.54) is 16.6 Å². The van der Waals surface area contributed by atoms with Crippen LogP contribution in [-0.4, -0.2) is 119 Å². The summed E-state index contributed by atoms with van der Waals surface area (Å²) in [6.45, 7) is 16.5. The molecule has 4 atom stereocenters. The molecule has 356 valence electrons. The van der Waals surface area contributed by atoms with Gasteiger partial charge in [0, 0.05) is 68.1 Å². The maximum Gasteiger partial charge on any atom is 0.324 e. The highest BCUT2D eigenvalue weighted by Crippen LogP contribution is 2.44. The first-order valence-corrected chi connectivity index (χ1v) is 23.9. The van der Waals surface area contributed by atoms with E-state index in [0.717, 1.165) is 45.3 Å². The topological polar surface area (TPSA) is 163 Å². The maximum absolute atomic E-state index is 14.8. The Balaban J connectivity index is 1.19. The first-order chi connectivity index (χ1) is 32.1. The number of ether oxygens (including phenoxy) is 2. The second-order valence-electron chi connectivity index (χ2n) is 20.1. The number of hydrogen-bond donors (Lipinski definition) is 3. The Morgan fingerprint density at radius 1 is 1.03 bits per heavy atom. The molecular formula is C53H66N6O8. The van der Waals surface area contributed by atoms with Crippen molar-refractivity contribution >= 4 is 40.5 Å². The Labute approximate surface area is 393 Å². The van der Waals surface area contributed by atoms with E-state index in [1.54, 1.807) is 29.0 Å². The molecule has 14 heteroatoms. The molecule has 67 heavy (non-hydrogen) atoms. The molecule has 3 fully saturated rings. The molecule has 3 saturated heterocycles. The van der Waals surface area contributed by atoms with Crippen molar-refractivity contribution in [1.29, 1.82) is 0 Å². The van der Waals surface area contributed by atoms with Gasteiger partial charge in [-0.3, -0.25) is 29.0 Å². The zero-order valence-electron chi connectivity index (χ0n) is 39.9. The van der Waals surface area contributed by atoms with Gasteiger partial charge in [-0.25, -0.2) is 5.43 Å². The van der Waals surface area contributed by atoms with E-state index in [2.05, 4.69) is 85.1 Å². The number of esters is 1. The molecule has 6 bridgehead atoms. The normalized spacial score (nSPS) is 22.6. The maximum atomic E-state index is 14.8. The summed E-state index contributed by atoms with van der Waals surface area (Å²) < 4.78 is 14.0. The fourth-order valence-electron chi connectivity index (χ4n) is 10.9. The van der Waals surface area contributed by atoms with E-state index in [9.17, 15) is 29.1 Å². The minimum Gasteiger partial charge on any atom is -0.508 e. The number of aryl methyl sites for hydroxylation is 1. The van der Waals surface area contributed by atoms with E-state index in [4.69, 9.17) is 9.47 Å². The van der Waals surface area contributed by atoms with Crippen LogP contribution in [-0.2, 0) is 59.3 Å². The Hall–Kier alpha value is -5.99. The van der Waals surface area contributed by atoms with Gasteiger partial charge in [-0.2, -0.15) is 0 Å². The first-order valence-electron chi connectivity index (χ1n) is 23.9. The van der Waals surface area contributed by atoms with Crippen LogP contribution in [0.5, 0.6) is 5.75 Å². The van der Waals surface area contributed by atoms with Crippen LogP contribution in [0.3, 0.4) is 0 Å². The Bertz CT molecular complexity index is 2580. The van der Waals surface area contributed by atoms with E-state index >= 15 is 0 Å². The second-order valence-corrected chi connectivity index (χ2v) is 20.1. The minimum atomic E-state index is -1.14. The number of nitrogens with one attached hydrogen (secondary N) is 2. The number of carbonyl (C=O) groups is 5. The van der Waals surface area contributed by atoms with Crippen LogP contribution >= 0.6 is 0 Å². The van der Waals surface area contributed by atoms with Crippen LogP contribution in [0.15, 0.2) is 73.3 Å². The number of hydrazine groups is 1. The minimum absolute atomic E-state index is 0.00670. The van der Waals surface area contributed by atoms with E-state index in [1.807, 2.05) is 19.9 Å². The largest absolute Gasteiger partial charge is 0.508 e. The van der Waals surface area contributed by atoms with Gasteiger partial charge in [-0.1, -0.05) is 70.7 Å². The SMILES string of the molecule is C=CC(=O)N1CC[C@]2(CCN([C@H](C(=O)N[C@H]3Cc4cc(O)cc(c4)-c4ccc5c(c4)c(c(-c4ccccc4CCOC)n5CC)CC(C)(C)COC(=O)[C@@H]4CCCN(N4)C3=O)C(C)C)C2=O)C1. The Morgan fingerprint density at radius 3 is 2.55 bits per heavy atom. The van der Waals surface area contributed by atoms with Gasteiger partial charge in [-0.15, -0.1) is 0 Å². The van der Waals surface area contributed by atoms with Crippen LogP contribution in [0.4, 0.5) is 0 Å². The number of methoxy groups -OCH3 is 1. The summed E-state index contributed by atoms with van der Waals surface area (Å²) in [4.78, 5) is 73.5. The molecule has 4 amide bonds. The molecule has 3 N–H and O–H groups in total. The smallest absolute Gasteiger partial charge is 0.324 e. The molecule has 1 spiro atoms. The predicted molar refractivity (Wildman–Crippen MR) is 256 cm³/mol. The summed E-state index contributed by atoms with van der Waals surface area (Å²) in [6, 6.07) is 17.2. The third-order valence-electron chi connectivity index (χ3n) is 14.3. The molecule has 0 unspecified atom stereocenters. The average molecular weight is 915 g/mol. The summed E-state index contributed by atoms with van der Waals surface area (Å²) in [5.74, 6) is -2.10. The van der Waals surface area contributed by atoms with Crippen LogP contribution in [0.1, 0.15) is 77.0 Å². The van der Waals surface area contributed by atoms with Crippen molar-refractivity contribution in [2.75, 3.05) is 46.5 Å². The van der Waals surface area contributed by atoms with Crippen LogP contribution < -0.4 is 10.7 Å². The van der Waals surface area contributed by atoms with Crippen LogP contribution in [0.2, 0.25) is 0 Å². The van der Waals surface area contributed by atoms with Crippen LogP contribution in [0, 0.1) is 16.7 Å². The molecule has 8 rings (SSSR count). The number of aromatic nitrogens is 1. The number of carbonyl (C=O) groups excluding carboxylic acids is 5. The first kappa shape index (κ1) is 47.5. The van der Waals surface area contributed by atoms with Gasteiger partial charge in [0.05, 0.1) is 24.3 Å². The monoisotopic (exact) mass is 914 g/mol. The lowest BCUT2D eigenvalue weighted by Crippen LogP contribution is -2.62. The number of fused-ring (bicyclic) bond motifs is 6. The molecule has 4 aliphatic rings. The fraction of sp³-hybridized carbons (Fsp3) is 0.491. The molecule has 3 aromatic carbocycles. The fourth-order valence-corrected chi connectivity index (χ4v) is 10.9. The number of phenolic OH excluding ortho intramolecular Hbond substituents is 1. The summed E-state index contributed by atoms with van der Waals surface area (Å²) in [5.41, 5.74) is 9.63. The van der Waals surface area contributed by atoms with Crippen molar-refractivity contribution in [1.82, 2.24) is 30.1 Å². The van der Waals surface area contributed by atoms with Crippen molar-refractivity contribution in [3.8, 4) is 28.1 Å². The number of benzene rings is 3. The second kappa shape index (κ2) is 19.3. The summed E-state index contributed by atoms with van der Waals surface area (Å²) in [6.07, 6.45) is 4.57. The summed E-state index contributed by atoms with van der Waals surface area (Å²) in [5, 5.41) is 16.9. The standard InChI is InChI=1S/C53H66N6O8/c1-8-45(61)56-22-19-53(31-56)20-23-58(51(53)65)46(33(3)4)48(62)54-43-27-34-25-37(28-38(60)26-34)36-16-17-44-40(29-36)41(47(57(44)9-2)39-14-11-10-13-35(39)18-24-66-7)30-52(5,6)32-67-50(64)42-15-12-21-59(55-42)49(43)63/h8,10-11,13-14,16-17,25-26,28-29,33,42-43,46,55,60H,1,9,12,15,18-24,27,30-32H2,2-7H3,(H,54,62)/t42-,43-,46-,53-/m0/s1. The van der Waals surface area contributed by atoms with Crippen LogP contribution in [0.25, 0.3) is 33.3 Å². The lowest BCUT2D eigenvalue weighted by Gasteiger charge is -2.37. The third-order valence-corrected chi connectivity index (χ3v) is 14.3. The molecule has 0 radical (unpaired) electrons. The molecule has 14 nitrogen and oxygen atoms in total. The lowest BCUT2D eigenvalue weighted by atomic mass is 9.83. The molecule has 5 heterocycles. The van der Waals surface area contributed by atoms with Crippen molar-refractivity contribution < 1.29 is 38.6 Å². The Morgan fingerprint density at radius 2 is 1.81 bits per heavy atom. The number of cyclic esters (lactones) is 1. The molecular weight excluding hydrogens is 849 g/mol. The zero-order chi connectivity index (χ0) is 47.8. The molecule has 4 aromatic rings. The highest BCUT2D eigenvalue weighted by Gasteiger charge is 2.54. The predicted octanol–water partition coefficient (Wildman–Crippen LogP) is 6.20. The van der Waals surface area contributed by atoms with Gasteiger partial charge in [0.15, 0.2) is 0 Å².